The fraction of sp³-hybridized carbons (Fsp3) is 0.889. The molecule has 0 aliphatic heterocycles. The summed E-state index contributed by atoms with van der Waals surface area (Å²) in [5.74, 6) is 0.689. The first-order valence-corrected chi connectivity index (χ1v) is 9.14. The van der Waals surface area contributed by atoms with Crippen LogP contribution in [0.1, 0.15) is 58.8 Å². The van der Waals surface area contributed by atoms with Crippen molar-refractivity contribution in [3.8, 4) is 0 Å². The van der Waals surface area contributed by atoms with Crippen molar-refractivity contribution in [2.24, 2.45) is 23.5 Å². The molecule has 0 saturated heterocycles. The normalized spacial score (nSPS) is 39.2. The van der Waals surface area contributed by atoms with Crippen molar-refractivity contribution < 1.29 is 19.1 Å². The molecule has 3 unspecified atom stereocenters. The van der Waals surface area contributed by atoms with Crippen molar-refractivity contribution in [1.82, 2.24) is 5.32 Å². The van der Waals surface area contributed by atoms with E-state index in [9.17, 15) is 9.59 Å². The highest BCUT2D eigenvalue weighted by Crippen LogP contribution is 2.57. The molecule has 4 bridgehead atoms. The number of hydrogen-bond acceptors (Lipinski definition) is 5. The first-order valence-electron chi connectivity index (χ1n) is 9.14. The van der Waals surface area contributed by atoms with Crippen LogP contribution in [0.4, 0.5) is 4.79 Å². The first-order chi connectivity index (χ1) is 11.3. The summed E-state index contributed by atoms with van der Waals surface area (Å²) in [7, 11) is 1.34. The highest BCUT2D eigenvalue weighted by Gasteiger charge is 2.58. The summed E-state index contributed by atoms with van der Waals surface area (Å²) in [5.41, 5.74) is 5.91. The Balaban J connectivity index is 1.67. The van der Waals surface area contributed by atoms with E-state index in [1.807, 2.05) is 13.8 Å². The molecule has 4 aliphatic carbocycles. The highest BCUT2D eigenvalue weighted by atomic mass is 16.6. The molecule has 0 spiro atoms. The van der Waals surface area contributed by atoms with Crippen molar-refractivity contribution in [3.05, 3.63) is 0 Å². The summed E-state index contributed by atoms with van der Waals surface area (Å²) in [5, 5.41) is 2.73. The predicted octanol–water partition coefficient (Wildman–Crippen LogP) is 2.35. The van der Waals surface area contributed by atoms with Crippen LogP contribution in [0.25, 0.3) is 0 Å². The van der Waals surface area contributed by atoms with Gasteiger partial charge in [0.15, 0.2) is 0 Å². The number of ether oxygens (including phenoxy) is 2. The summed E-state index contributed by atoms with van der Waals surface area (Å²) in [6.45, 7) is 3.90. The molecule has 4 aliphatic rings. The van der Waals surface area contributed by atoms with Crippen molar-refractivity contribution in [3.63, 3.8) is 0 Å². The van der Waals surface area contributed by atoms with Crippen molar-refractivity contribution in [2.45, 2.75) is 76.0 Å². The summed E-state index contributed by atoms with van der Waals surface area (Å²) < 4.78 is 10.7. The maximum absolute atomic E-state index is 12.5. The van der Waals surface area contributed by atoms with Gasteiger partial charge in [0.1, 0.15) is 11.6 Å². The Morgan fingerprint density at radius 1 is 1.25 bits per heavy atom. The number of nitrogens with two attached hydrogens (primary N) is 1. The minimum absolute atomic E-state index is 0.0118. The number of carbonyl (C=O) groups is 2. The lowest BCUT2D eigenvalue weighted by Crippen LogP contribution is -2.64. The van der Waals surface area contributed by atoms with Gasteiger partial charge in [0.05, 0.1) is 7.11 Å². The van der Waals surface area contributed by atoms with E-state index < -0.39 is 23.7 Å². The van der Waals surface area contributed by atoms with E-state index in [4.69, 9.17) is 15.2 Å². The van der Waals surface area contributed by atoms with E-state index in [0.29, 0.717) is 11.8 Å². The molecular weight excluding hydrogens is 308 g/mol. The molecule has 0 heterocycles. The van der Waals surface area contributed by atoms with Crippen LogP contribution in [-0.2, 0) is 14.3 Å². The first kappa shape index (κ1) is 17.5. The number of methoxy groups -OCH3 is 1. The monoisotopic (exact) mass is 338 g/mol. The number of rotatable bonds is 5. The van der Waals surface area contributed by atoms with E-state index >= 15 is 0 Å². The molecule has 4 fully saturated rings. The average molecular weight is 338 g/mol. The molecule has 0 aromatic rings. The van der Waals surface area contributed by atoms with Crippen LogP contribution < -0.4 is 11.1 Å². The number of amides is 1. The molecule has 6 nitrogen and oxygen atoms in total. The molecule has 4 rings (SSSR count). The van der Waals surface area contributed by atoms with Gasteiger partial charge >= 0.3 is 12.1 Å². The lowest BCUT2D eigenvalue weighted by molar-refractivity contribution is -0.147. The number of carbonyl (C=O) groups excluding carboxylic acids is 2. The highest BCUT2D eigenvalue weighted by molar-refractivity contribution is 5.81. The fourth-order valence-corrected chi connectivity index (χ4v) is 5.52. The quantitative estimate of drug-likeness (QED) is 0.751. The van der Waals surface area contributed by atoms with E-state index in [1.54, 1.807) is 0 Å². The van der Waals surface area contributed by atoms with Crippen molar-refractivity contribution >= 4 is 12.1 Å². The molecular formula is C18H30N2O4. The summed E-state index contributed by atoms with van der Waals surface area (Å²) >= 11 is 0. The third kappa shape index (κ3) is 3.25. The van der Waals surface area contributed by atoms with Gasteiger partial charge in [-0.25, -0.2) is 9.59 Å². The van der Waals surface area contributed by atoms with Crippen LogP contribution in [0.15, 0.2) is 0 Å². The standard InChI is InChI=1S/C18H30N2O4/c1-4-11(2)14(15(21)23-3)20-16(22)24-18-8-12-5-13(9-18)7-17(19,6-12)10-18/h11-14H,4-10,19H2,1-3H3,(H,20,22)/t11?,12?,13?,14-,17?,18?/m0/s1. The molecule has 6 heteroatoms. The second kappa shape index (κ2) is 6.21. The molecule has 0 aromatic carbocycles. The average Bonchev–Trinajstić information content (AvgIpc) is 2.48. The number of alkyl carbamates (subject to hydrolysis) is 1. The summed E-state index contributed by atoms with van der Waals surface area (Å²) in [6, 6.07) is -0.673. The number of hydrogen-bond donors (Lipinski definition) is 2. The van der Waals surface area contributed by atoms with Gasteiger partial charge in [0.2, 0.25) is 0 Å². The Bertz CT molecular complexity index is 507. The molecule has 4 saturated carbocycles. The van der Waals surface area contributed by atoms with Crippen molar-refractivity contribution in [2.75, 3.05) is 7.11 Å². The summed E-state index contributed by atoms with van der Waals surface area (Å²) in [6.07, 6.45) is 6.11. The van der Waals surface area contributed by atoms with Gasteiger partial charge in [-0.15, -0.1) is 0 Å². The topological polar surface area (TPSA) is 90.6 Å². The maximum Gasteiger partial charge on any atom is 0.408 e. The van der Waals surface area contributed by atoms with Gasteiger partial charge in [-0.05, 0) is 49.9 Å². The Hall–Kier alpha value is -1.30. The lowest BCUT2D eigenvalue weighted by Gasteiger charge is -2.59. The van der Waals surface area contributed by atoms with E-state index in [2.05, 4.69) is 5.32 Å². The molecule has 1 amide bonds. The van der Waals surface area contributed by atoms with Crippen LogP contribution in [0, 0.1) is 17.8 Å². The van der Waals surface area contributed by atoms with Crippen LogP contribution in [0.2, 0.25) is 0 Å². The maximum atomic E-state index is 12.5. The predicted molar refractivity (Wildman–Crippen MR) is 89.2 cm³/mol. The van der Waals surface area contributed by atoms with Crippen LogP contribution in [0.3, 0.4) is 0 Å². The minimum atomic E-state index is -0.673. The van der Waals surface area contributed by atoms with Gasteiger partial charge in [0, 0.05) is 12.0 Å². The SMILES string of the molecule is CCC(C)[C@H](NC(=O)OC12CC3CC(CC(N)(C3)C1)C2)C(=O)OC. The van der Waals surface area contributed by atoms with Crippen LogP contribution in [0.5, 0.6) is 0 Å². The van der Waals surface area contributed by atoms with Crippen LogP contribution >= 0.6 is 0 Å². The van der Waals surface area contributed by atoms with Gasteiger partial charge in [-0.3, -0.25) is 0 Å². The summed E-state index contributed by atoms with van der Waals surface area (Å²) in [4.78, 5) is 24.5. The minimum Gasteiger partial charge on any atom is -0.467 e. The zero-order valence-electron chi connectivity index (χ0n) is 15.0. The fourth-order valence-electron chi connectivity index (χ4n) is 5.52. The largest absolute Gasteiger partial charge is 0.467 e. The molecule has 3 N–H and O–H groups in total. The smallest absolute Gasteiger partial charge is 0.408 e. The Kier molecular flexibility index (Phi) is 4.53. The zero-order valence-corrected chi connectivity index (χ0v) is 15.0. The third-order valence-electron chi connectivity index (χ3n) is 6.30. The van der Waals surface area contributed by atoms with Gasteiger partial charge in [-0.1, -0.05) is 20.3 Å². The molecule has 0 aromatic heterocycles. The number of esters is 1. The molecule has 136 valence electrons. The Morgan fingerprint density at radius 2 is 1.88 bits per heavy atom. The van der Waals surface area contributed by atoms with Gasteiger partial charge in [0.25, 0.3) is 0 Å². The van der Waals surface area contributed by atoms with E-state index in [1.165, 1.54) is 13.5 Å². The molecule has 0 radical (unpaired) electrons. The second-order valence-electron chi connectivity index (χ2n) is 8.43. The molecule has 24 heavy (non-hydrogen) atoms. The van der Waals surface area contributed by atoms with Gasteiger partial charge < -0.3 is 20.5 Å². The van der Waals surface area contributed by atoms with E-state index in [0.717, 1.165) is 38.5 Å². The second-order valence-corrected chi connectivity index (χ2v) is 8.43. The zero-order chi connectivity index (χ0) is 17.5. The Labute approximate surface area is 143 Å². The van der Waals surface area contributed by atoms with Crippen LogP contribution in [-0.4, -0.2) is 36.4 Å². The Morgan fingerprint density at radius 3 is 2.38 bits per heavy atom. The van der Waals surface area contributed by atoms with Gasteiger partial charge in [-0.2, -0.15) is 0 Å². The van der Waals surface area contributed by atoms with E-state index in [-0.39, 0.29) is 11.5 Å². The lowest BCUT2D eigenvalue weighted by atomic mass is 9.51. The third-order valence-corrected chi connectivity index (χ3v) is 6.30. The number of nitrogens with one attached hydrogen (secondary N) is 1. The van der Waals surface area contributed by atoms with Crippen molar-refractivity contribution in [1.29, 1.82) is 0 Å². The molecule has 4 atom stereocenters.